The van der Waals surface area contributed by atoms with Gasteiger partial charge in [-0.25, -0.2) is 0 Å². The minimum atomic E-state index is -0.141. The molecule has 1 unspecified atom stereocenters. The smallest absolute Gasteiger partial charge is 0.230 e. The molecule has 0 aliphatic heterocycles. The van der Waals surface area contributed by atoms with Gasteiger partial charge in [0.2, 0.25) is 11.8 Å². The molecule has 122 valence electrons. The molecule has 22 heavy (non-hydrogen) atoms. The molecular formula is C15H20Cl2N2O2S. The number of carbonyl (C=O) groups excluding carboxylic acids is 2. The maximum absolute atomic E-state index is 11.7. The Hall–Kier alpha value is -0.910. The summed E-state index contributed by atoms with van der Waals surface area (Å²) in [6.07, 6.45) is 1.16. The van der Waals surface area contributed by atoms with Crippen molar-refractivity contribution in [2.24, 2.45) is 0 Å². The number of amides is 2. The Morgan fingerprint density at radius 1 is 1.27 bits per heavy atom. The summed E-state index contributed by atoms with van der Waals surface area (Å²) in [6, 6.07) is 5.28. The first-order chi connectivity index (χ1) is 10.4. The summed E-state index contributed by atoms with van der Waals surface area (Å²) in [6.45, 7) is 4.28. The van der Waals surface area contributed by atoms with Gasteiger partial charge in [-0.15, -0.1) is 11.8 Å². The highest BCUT2D eigenvalue weighted by atomic mass is 35.5. The quantitative estimate of drug-likeness (QED) is 0.695. The van der Waals surface area contributed by atoms with Gasteiger partial charge >= 0.3 is 0 Å². The zero-order valence-corrected chi connectivity index (χ0v) is 14.9. The number of halogens is 2. The van der Waals surface area contributed by atoms with Crippen molar-refractivity contribution >= 4 is 46.8 Å². The molecular weight excluding hydrogens is 343 g/mol. The molecule has 0 aliphatic rings. The number of benzene rings is 1. The SMILES string of the molecule is CCC(C)NC(=O)CCNC(=O)CSc1cc(Cl)ccc1Cl. The number of nitrogens with one attached hydrogen (secondary N) is 2. The van der Waals surface area contributed by atoms with E-state index in [1.54, 1.807) is 18.2 Å². The van der Waals surface area contributed by atoms with E-state index in [1.807, 2.05) is 13.8 Å². The maximum Gasteiger partial charge on any atom is 0.230 e. The average Bonchev–Trinajstić information content (AvgIpc) is 2.48. The van der Waals surface area contributed by atoms with Crippen LogP contribution in [-0.2, 0) is 9.59 Å². The third-order valence-corrected chi connectivity index (χ3v) is 4.68. The Morgan fingerprint density at radius 3 is 2.68 bits per heavy atom. The van der Waals surface area contributed by atoms with Crippen molar-refractivity contribution in [1.82, 2.24) is 10.6 Å². The number of hydrogen-bond acceptors (Lipinski definition) is 3. The van der Waals surface area contributed by atoms with Crippen molar-refractivity contribution in [1.29, 1.82) is 0 Å². The molecule has 0 spiro atoms. The van der Waals surface area contributed by atoms with Gasteiger partial charge in [0, 0.05) is 28.9 Å². The number of hydrogen-bond donors (Lipinski definition) is 2. The minimum Gasteiger partial charge on any atom is -0.355 e. The molecule has 0 saturated heterocycles. The second kappa shape index (κ2) is 9.98. The molecule has 2 N–H and O–H groups in total. The largest absolute Gasteiger partial charge is 0.355 e. The van der Waals surface area contributed by atoms with Gasteiger partial charge in [-0.05, 0) is 31.5 Å². The molecule has 0 heterocycles. The molecule has 1 aromatic rings. The van der Waals surface area contributed by atoms with Crippen molar-refractivity contribution in [2.45, 2.75) is 37.6 Å². The summed E-state index contributed by atoms with van der Waals surface area (Å²) in [7, 11) is 0. The van der Waals surface area contributed by atoms with Gasteiger partial charge < -0.3 is 10.6 Å². The van der Waals surface area contributed by atoms with E-state index in [9.17, 15) is 9.59 Å². The van der Waals surface area contributed by atoms with Gasteiger partial charge in [0.25, 0.3) is 0 Å². The fraction of sp³-hybridized carbons (Fsp3) is 0.467. The van der Waals surface area contributed by atoms with Crippen LogP contribution in [-0.4, -0.2) is 30.2 Å². The molecule has 0 aromatic heterocycles. The first-order valence-electron chi connectivity index (χ1n) is 7.06. The van der Waals surface area contributed by atoms with E-state index in [4.69, 9.17) is 23.2 Å². The van der Waals surface area contributed by atoms with E-state index < -0.39 is 0 Å². The lowest BCUT2D eigenvalue weighted by Gasteiger charge is -2.11. The molecule has 2 amide bonds. The molecule has 1 aromatic carbocycles. The summed E-state index contributed by atoms with van der Waals surface area (Å²) >= 11 is 13.2. The van der Waals surface area contributed by atoms with E-state index >= 15 is 0 Å². The lowest BCUT2D eigenvalue weighted by atomic mass is 10.2. The van der Waals surface area contributed by atoms with E-state index in [0.717, 1.165) is 11.3 Å². The molecule has 4 nitrogen and oxygen atoms in total. The van der Waals surface area contributed by atoms with Crippen LogP contribution < -0.4 is 10.6 Å². The second-order valence-corrected chi connectivity index (χ2v) is 6.70. The van der Waals surface area contributed by atoms with Crippen molar-refractivity contribution < 1.29 is 9.59 Å². The van der Waals surface area contributed by atoms with Crippen molar-refractivity contribution in [3.63, 3.8) is 0 Å². The third-order valence-electron chi connectivity index (χ3n) is 2.95. The summed E-state index contributed by atoms with van der Waals surface area (Å²) < 4.78 is 0. The molecule has 0 fully saturated rings. The summed E-state index contributed by atoms with van der Waals surface area (Å²) in [5, 5.41) is 6.70. The number of carbonyl (C=O) groups is 2. The van der Waals surface area contributed by atoms with E-state index in [-0.39, 0.29) is 30.0 Å². The average molecular weight is 363 g/mol. The monoisotopic (exact) mass is 362 g/mol. The summed E-state index contributed by atoms with van der Waals surface area (Å²) in [5.74, 6) is 0.0325. The van der Waals surface area contributed by atoms with Crippen LogP contribution in [0.5, 0.6) is 0 Å². The van der Waals surface area contributed by atoms with Gasteiger partial charge in [0.05, 0.1) is 10.8 Å². The molecule has 1 atom stereocenters. The standard InChI is InChI=1S/C15H20Cl2N2O2S/c1-3-10(2)19-14(20)6-7-18-15(21)9-22-13-8-11(16)4-5-12(13)17/h4-5,8,10H,3,6-7,9H2,1-2H3,(H,18,21)(H,19,20). The van der Waals surface area contributed by atoms with Gasteiger partial charge in [0.1, 0.15) is 0 Å². The molecule has 0 saturated carbocycles. The number of thioether (sulfide) groups is 1. The van der Waals surface area contributed by atoms with Gasteiger partial charge in [-0.3, -0.25) is 9.59 Å². The lowest BCUT2D eigenvalue weighted by Crippen LogP contribution is -2.35. The Kier molecular flexibility index (Phi) is 8.68. The predicted octanol–water partition coefficient (Wildman–Crippen LogP) is 3.51. The van der Waals surface area contributed by atoms with E-state index in [2.05, 4.69) is 10.6 Å². The molecule has 1 rings (SSSR count). The Morgan fingerprint density at radius 2 is 2.00 bits per heavy atom. The molecule has 0 bridgehead atoms. The van der Waals surface area contributed by atoms with Crippen LogP contribution in [0.3, 0.4) is 0 Å². The zero-order chi connectivity index (χ0) is 16.5. The fourth-order valence-electron chi connectivity index (χ4n) is 1.55. The van der Waals surface area contributed by atoms with Crippen molar-refractivity contribution in [2.75, 3.05) is 12.3 Å². The second-order valence-electron chi connectivity index (χ2n) is 4.84. The lowest BCUT2D eigenvalue weighted by molar-refractivity contribution is -0.122. The van der Waals surface area contributed by atoms with Crippen LogP contribution in [0.25, 0.3) is 0 Å². The van der Waals surface area contributed by atoms with Crippen molar-refractivity contribution in [3.8, 4) is 0 Å². The highest BCUT2D eigenvalue weighted by molar-refractivity contribution is 8.00. The molecule has 7 heteroatoms. The normalized spacial score (nSPS) is 11.8. The maximum atomic E-state index is 11.7. The van der Waals surface area contributed by atoms with Crippen LogP contribution in [0.15, 0.2) is 23.1 Å². The Balaban J connectivity index is 2.26. The number of rotatable bonds is 8. The van der Waals surface area contributed by atoms with Gasteiger partial charge in [0.15, 0.2) is 0 Å². The Bertz CT molecular complexity index is 526. The predicted molar refractivity (Wildman–Crippen MR) is 92.7 cm³/mol. The highest BCUT2D eigenvalue weighted by Gasteiger charge is 2.08. The van der Waals surface area contributed by atoms with Gasteiger partial charge in [-0.1, -0.05) is 30.1 Å². The topological polar surface area (TPSA) is 58.2 Å². The first kappa shape index (κ1) is 19.1. The van der Waals surface area contributed by atoms with Crippen molar-refractivity contribution in [3.05, 3.63) is 28.2 Å². The minimum absolute atomic E-state index is 0.0554. The fourth-order valence-corrected chi connectivity index (χ4v) is 2.87. The Labute approximate surface area is 145 Å². The third kappa shape index (κ3) is 7.38. The zero-order valence-electron chi connectivity index (χ0n) is 12.6. The van der Waals surface area contributed by atoms with E-state index in [0.29, 0.717) is 16.6 Å². The highest BCUT2D eigenvalue weighted by Crippen LogP contribution is 2.29. The van der Waals surface area contributed by atoms with Gasteiger partial charge in [-0.2, -0.15) is 0 Å². The first-order valence-corrected chi connectivity index (χ1v) is 8.80. The van der Waals surface area contributed by atoms with Crippen LogP contribution >= 0.6 is 35.0 Å². The summed E-state index contributed by atoms with van der Waals surface area (Å²) in [5.41, 5.74) is 0. The molecule has 0 aliphatic carbocycles. The van der Waals surface area contributed by atoms with Crippen LogP contribution in [0.2, 0.25) is 10.0 Å². The van der Waals surface area contributed by atoms with E-state index in [1.165, 1.54) is 11.8 Å². The van der Waals surface area contributed by atoms with Crippen LogP contribution in [0, 0.1) is 0 Å². The van der Waals surface area contributed by atoms with Crippen LogP contribution in [0.1, 0.15) is 26.7 Å². The summed E-state index contributed by atoms with van der Waals surface area (Å²) in [4.78, 5) is 24.1. The van der Waals surface area contributed by atoms with Crippen LogP contribution in [0.4, 0.5) is 0 Å². The molecule has 0 radical (unpaired) electrons.